The van der Waals surface area contributed by atoms with E-state index in [1.54, 1.807) is 42.6 Å². The van der Waals surface area contributed by atoms with Gasteiger partial charge in [0.25, 0.3) is 0 Å². The van der Waals surface area contributed by atoms with Crippen LogP contribution in [0.15, 0.2) is 84.0 Å². The van der Waals surface area contributed by atoms with Gasteiger partial charge in [-0.25, -0.2) is 10.2 Å². The number of nitrogens with zero attached hydrogens (tertiary/aromatic N) is 1. The molecular weight excluding hydrogens is 388 g/mol. The number of hydrogen-bond acceptors (Lipinski definition) is 4. The molecule has 0 fully saturated rings. The van der Waals surface area contributed by atoms with Crippen LogP contribution in [0.4, 0.5) is 0 Å². The van der Waals surface area contributed by atoms with Crippen LogP contribution in [0.2, 0.25) is 0 Å². The van der Waals surface area contributed by atoms with Crippen molar-refractivity contribution in [3.63, 3.8) is 0 Å². The number of nitrogens with one attached hydrogen (secondary N) is 1. The summed E-state index contributed by atoms with van der Waals surface area (Å²) in [4.78, 5) is 24.3. The van der Waals surface area contributed by atoms with Gasteiger partial charge in [-0.1, -0.05) is 63.2 Å². The molecule has 5 heteroatoms. The van der Waals surface area contributed by atoms with Crippen LogP contribution in [-0.4, -0.2) is 18.1 Å². The largest absolute Gasteiger partial charge is 0.423 e. The maximum absolute atomic E-state index is 12.4. The molecule has 3 aromatic carbocycles. The zero-order chi connectivity index (χ0) is 22.3. The lowest BCUT2D eigenvalue weighted by molar-refractivity contribution is -0.120. The Morgan fingerprint density at radius 3 is 2.16 bits per heavy atom. The normalized spacial score (nSPS) is 11.3. The molecule has 0 aliphatic rings. The minimum absolute atomic E-state index is 0.0286. The third-order valence-electron chi connectivity index (χ3n) is 4.69. The fraction of sp³-hybridized carbons (Fsp3) is 0.192. The molecule has 5 nitrogen and oxygen atoms in total. The van der Waals surface area contributed by atoms with Crippen LogP contribution in [0.5, 0.6) is 5.75 Å². The van der Waals surface area contributed by atoms with Crippen molar-refractivity contribution in [1.29, 1.82) is 0 Å². The van der Waals surface area contributed by atoms with Crippen molar-refractivity contribution in [3.05, 3.63) is 101 Å². The summed E-state index contributed by atoms with van der Waals surface area (Å²) in [5, 5.41) is 3.97. The molecule has 1 amide bonds. The molecule has 0 heterocycles. The van der Waals surface area contributed by atoms with Gasteiger partial charge in [0.05, 0.1) is 18.2 Å². The molecule has 0 bridgehead atoms. The van der Waals surface area contributed by atoms with E-state index in [1.807, 2.05) is 42.5 Å². The van der Waals surface area contributed by atoms with E-state index < -0.39 is 5.97 Å². The number of rotatable bonds is 6. The monoisotopic (exact) mass is 414 g/mol. The van der Waals surface area contributed by atoms with Gasteiger partial charge in [0.1, 0.15) is 5.75 Å². The lowest BCUT2D eigenvalue weighted by Gasteiger charge is -2.18. The zero-order valence-electron chi connectivity index (χ0n) is 18.0. The quantitative estimate of drug-likeness (QED) is 0.270. The van der Waals surface area contributed by atoms with E-state index in [1.165, 1.54) is 0 Å². The standard InChI is InChI=1S/C26H26N2O3/c1-26(2,3)22-13-11-21(12-14-22)25(30)31-23-15-9-20(10-16-23)18-27-28-24(29)17-19-7-5-4-6-8-19/h4-16,18H,17H2,1-3H3,(H,28,29). The lowest BCUT2D eigenvalue weighted by Crippen LogP contribution is -2.19. The van der Waals surface area contributed by atoms with E-state index in [-0.39, 0.29) is 17.7 Å². The predicted molar refractivity (Wildman–Crippen MR) is 122 cm³/mol. The Labute approximate surface area is 182 Å². The summed E-state index contributed by atoms with van der Waals surface area (Å²) in [6.45, 7) is 6.37. The molecule has 0 spiro atoms. The number of esters is 1. The maximum atomic E-state index is 12.4. The van der Waals surface area contributed by atoms with Crippen LogP contribution >= 0.6 is 0 Å². The molecule has 0 aliphatic carbocycles. The molecule has 31 heavy (non-hydrogen) atoms. The summed E-state index contributed by atoms with van der Waals surface area (Å²) >= 11 is 0. The van der Waals surface area contributed by atoms with E-state index in [0.717, 1.165) is 16.7 Å². The van der Waals surface area contributed by atoms with Crippen LogP contribution in [0.3, 0.4) is 0 Å². The number of ether oxygens (including phenoxy) is 1. The molecule has 3 rings (SSSR count). The number of carbonyl (C=O) groups excluding carboxylic acids is 2. The van der Waals surface area contributed by atoms with Crippen molar-refractivity contribution in [3.8, 4) is 5.75 Å². The SMILES string of the molecule is CC(C)(C)c1ccc(C(=O)Oc2ccc(C=NNC(=O)Cc3ccccc3)cc2)cc1. The van der Waals surface area contributed by atoms with Crippen molar-refractivity contribution < 1.29 is 14.3 Å². The topological polar surface area (TPSA) is 67.8 Å². The maximum Gasteiger partial charge on any atom is 0.343 e. The minimum atomic E-state index is -0.407. The van der Waals surface area contributed by atoms with Gasteiger partial charge in [-0.05, 0) is 58.5 Å². The first-order chi connectivity index (χ1) is 14.8. The third kappa shape index (κ3) is 6.64. The van der Waals surface area contributed by atoms with Crippen molar-refractivity contribution in [2.75, 3.05) is 0 Å². The second-order valence-corrected chi connectivity index (χ2v) is 8.24. The Balaban J connectivity index is 1.52. The highest BCUT2D eigenvalue weighted by Gasteiger charge is 2.15. The second kappa shape index (κ2) is 9.85. The number of hydrogen-bond donors (Lipinski definition) is 1. The highest BCUT2D eigenvalue weighted by Crippen LogP contribution is 2.22. The van der Waals surface area contributed by atoms with Gasteiger partial charge in [0.2, 0.25) is 5.91 Å². The average Bonchev–Trinajstić information content (AvgIpc) is 2.75. The van der Waals surface area contributed by atoms with Gasteiger partial charge in [-0.2, -0.15) is 5.10 Å². The summed E-state index contributed by atoms with van der Waals surface area (Å²) in [6, 6.07) is 23.8. The summed E-state index contributed by atoms with van der Waals surface area (Å²) < 4.78 is 5.44. The molecule has 0 aliphatic heterocycles. The van der Waals surface area contributed by atoms with Gasteiger partial charge in [-0.3, -0.25) is 4.79 Å². The molecule has 158 valence electrons. The van der Waals surface area contributed by atoms with Gasteiger partial charge < -0.3 is 4.74 Å². The van der Waals surface area contributed by atoms with Crippen molar-refractivity contribution >= 4 is 18.1 Å². The smallest absolute Gasteiger partial charge is 0.343 e. The van der Waals surface area contributed by atoms with E-state index in [9.17, 15) is 9.59 Å². The Hall–Kier alpha value is -3.73. The van der Waals surface area contributed by atoms with Crippen molar-refractivity contribution in [2.24, 2.45) is 5.10 Å². The Bertz CT molecular complexity index is 1050. The van der Waals surface area contributed by atoms with Crippen LogP contribution in [0, 0.1) is 0 Å². The first kappa shape index (κ1) is 22.0. The van der Waals surface area contributed by atoms with Crippen molar-refractivity contribution in [2.45, 2.75) is 32.6 Å². The molecule has 1 N–H and O–H groups in total. The fourth-order valence-corrected chi connectivity index (χ4v) is 2.89. The Morgan fingerprint density at radius 2 is 1.55 bits per heavy atom. The van der Waals surface area contributed by atoms with E-state index in [4.69, 9.17) is 4.74 Å². The molecule has 0 saturated heterocycles. The number of carbonyl (C=O) groups is 2. The van der Waals surface area contributed by atoms with Gasteiger partial charge in [0.15, 0.2) is 0 Å². The highest BCUT2D eigenvalue weighted by atomic mass is 16.5. The zero-order valence-corrected chi connectivity index (χ0v) is 18.0. The van der Waals surface area contributed by atoms with E-state index in [0.29, 0.717) is 11.3 Å². The van der Waals surface area contributed by atoms with Gasteiger partial charge in [-0.15, -0.1) is 0 Å². The number of benzene rings is 3. The summed E-state index contributed by atoms with van der Waals surface area (Å²) in [5.41, 5.74) is 5.89. The Kier molecular flexibility index (Phi) is 6.98. The molecule has 0 atom stereocenters. The van der Waals surface area contributed by atoms with Crippen LogP contribution in [0.25, 0.3) is 0 Å². The first-order valence-electron chi connectivity index (χ1n) is 10.1. The summed E-state index contributed by atoms with van der Waals surface area (Å²) in [5.74, 6) is -0.157. The lowest BCUT2D eigenvalue weighted by atomic mass is 9.87. The van der Waals surface area contributed by atoms with Crippen LogP contribution in [0.1, 0.15) is 47.8 Å². The first-order valence-corrected chi connectivity index (χ1v) is 10.1. The fourth-order valence-electron chi connectivity index (χ4n) is 2.89. The summed E-state index contributed by atoms with van der Waals surface area (Å²) in [7, 11) is 0. The van der Waals surface area contributed by atoms with Crippen molar-refractivity contribution in [1.82, 2.24) is 5.43 Å². The molecule has 0 saturated carbocycles. The van der Waals surface area contributed by atoms with E-state index in [2.05, 4.69) is 31.3 Å². The number of amides is 1. The molecule has 0 aromatic heterocycles. The highest BCUT2D eigenvalue weighted by molar-refractivity contribution is 5.91. The molecule has 0 radical (unpaired) electrons. The van der Waals surface area contributed by atoms with Crippen LogP contribution in [-0.2, 0) is 16.6 Å². The minimum Gasteiger partial charge on any atom is -0.423 e. The van der Waals surface area contributed by atoms with Gasteiger partial charge >= 0.3 is 5.97 Å². The Morgan fingerprint density at radius 1 is 0.903 bits per heavy atom. The van der Waals surface area contributed by atoms with Crippen LogP contribution < -0.4 is 10.2 Å². The number of hydrazone groups is 1. The van der Waals surface area contributed by atoms with E-state index >= 15 is 0 Å². The predicted octanol–water partition coefficient (Wildman–Crippen LogP) is 4.90. The summed E-state index contributed by atoms with van der Waals surface area (Å²) in [6.07, 6.45) is 1.81. The second-order valence-electron chi connectivity index (χ2n) is 8.24. The molecule has 3 aromatic rings. The third-order valence-corrected chi connectivity index (χ3v) is 4.69. The van der Waals surface area contributed by atoms with Gasteiger partial charge in [0, 0.05) is 0 Å². The average molecular weight is 415 g/mol. The molecular formula is C26H26N2O3. The molecule has 0 unspecified atom stereocenters.